The summed E-state index contributed by atoms with van der Waals surface area (Å²) in [5.41, 5.74) is 2.93. The highest BCUT2D eigenvalue weighted by Gasteiger charge is 2.35. The lowest BCUT2D eigenvalue weighted by molar-refractivity contribution is 0.577. The Morgan fingerprint density at radius 2 is 1.79 bits per heavy atom. The molecule has 4 heteroatoms. The number of aromatic nitrogens is 2. The van der Waals surface area contributed by atoms with E-state index < -0.39 is 0 Å². The van der Waals surface area contributed by atoms with Gasteiger partial charge in [0, 0.05) is 18.9 Å². The molecule has 1 saturated heterocycles. The number of imidazole rings is 1. The van der Waals surface area contributed by atoms with Crippen LogP contribution in [-0.2, 0) is 19.4 Å². The van der Waals surface area contributed by atoms with E-state index >= 15 is 0 Å². The predicted molar refractivity (Wildman–Crippen MR) is 108 cm³/mol. The Labute approximate surface area is 154 Å². The van der Waals surface area contributed by atoms with Crippen molar-refractivity contribution in [2.24, 2.45) is 5.92 Å². The SMILES string of the molecule is CCCc1ccc(CCC2(Cn3ccnc3)SCC(C)CS2)cc1. The zero-order valence-electron chi connectivity index (χ0n) is 14.8. The maximum absolute atomic E-state index is 4.22. The van der Waals surface area contributed by atoms with E-state index in [1.165, 1.54) is 41.9 Å². The van der Waals surface area contributed by atoms with Gasteiger partial charge in [0.15, 0.2) is 0 Å². The van der Waals surface area contributed by atoms with Gasteiger partial charge in [-0.2, -0.15) is 0 Å². The van der Waals surface area contributed by atoms with Crippen molar-refractivity contribution in [3.05, 3.63) is 54.1 Å². The van der Waals surface area contributed by atoms with Gasteiger partial charge in [-0.3, -0.25) is 0 Å². The molecule has 0 radical (unpaired) electrons. The van der Waals surface area contributed by atoms with Gasteiger partial charge < -0.3 is 4.57 Å². The van der Waals surface area contributed by atoms with Gasteiger partial charge in [0.25, 0.3) is 0 Å². The van der Waals surface area contributed by atoms with Crippen LogP contribution in [0, 0.1) is 5.92 Å². The number of hydrogen-bond donors (Lipinski definition) is 0. The van der Waals surface area contributed by atoms with E-state index in [0.717, 1.165) is 18.9 Å². The Kier molecular flexibility index (Phi) is 6.34. The zero-order chi connectivity index (χ0) is 16.8. The molecule has 0 bridgehead atoms. The third-order valence-electron chi connectivity index (χ3n) is 4.60. The minimum Gasteiger partial charge on any atom is -0.335 e. The molecule has 1 aromatic heterocycles. The van der Waals surface area contributed by atoms with Crippen molar-refractivity contribution in [1.82, 2.24) is 9.55 Å². The van der Waals surface area contributed by atoms with Crippen molar-refractivity contribution in [2.45, 2.75) is 50.2 Å². The van der Waals surface area contributed by atoms with Crippen LogP contribution < -0.4 is 0 Å². The molecular weight excluding hydrogens is 332 g/mol. The van der Waals surface area contributed by atoms with Crippen molar-refractivity contribution in [3.8, 4) is 0 Å². The van der Waals surface area contributed by atoms with E-state index in [-0.39, 0.29) is 4.08 Å². The van der Waals surface area contributed by atoms with Crippen LogP contribution in [0.15, 0.2) is 43.0 Å². The Morgan fingerprint density at radius 3 is 2.38 bits per heavy atom. The van der Waals surface area contributed by atoms with Crippen LogP contribution in [0.2, 0.25) is 0 Å². The Bertz CT molecular complexity index is 599. The summed E-state index contributed by atoms with van der Waals surface area (Å²) in [6.07, 6.45) is 10.7. The number of aryl methyl sites for hydroxylation is 2. The molecule has 0 amide bonds. The molecule has 3 rings (SSSR count). The molecule has 1 fully saturated rings. The zero-order valence-corrected chi connectivity index (χ0v) is 16.4. The smallest absolute Gasteiger partial charge is 0.0946 e. The predicted octanol–water partition coefficient (Wildman–Crippen LogP) is 5.28. The summed E-state index contributed by atoms with van der Waals surface area (Å²) >= 11 is 4.32. The molecule has 0 saturated carbocycles. The van der Waals surface area contributed by atoms with E-state index in [1.54, 1.807) is 0 Å². The largest absolute Gasteiger partial charge is 0.335 e. The molecular formula is C20H28N2S2. The van der Waals surface area contributed by atoms with Crippen LogP contribution in [0.3, 0.4) is 0 Å². The first kappa shape index (κ1) is 17.9. The molecule has 2 nitrogen and oxygen atoms in total. The molecule has 0 atom stereocenters. The van der Waals surface area contributed by atoms with Gasteiger partial charge in [0.1, 0.15) is 0 Å². The molecule has 1 aliphatic rings. The van der Waals surface area contributed by atoms with Crippen LogP contribution in [0.4, 0.5) is 0 Å². The number of hydrogen-bond acceptors (Lipinski definition) is 3. The Balaban J connectivity index is 1.65. The van der Waals surface area contributed by atoms with E-state index in [4.69, 9.17) is 0 Å². The molecule has 0 unspecified atom stereocenters. The molecule has 0 aliphatic carbocycles. The first-order valence-corrected chi connectivity index (χ1v) is 11.0. The lowest BCUT2D eigenvalue weighted by Crippen LogP contribution is -2.33. The Morgan fingerprint density at radius 1 is 1.12 bits per heavy atom. The van der Waals surface area contributed by atoms with Crippen LogP contribution in [0.1, 0.15) is 37.8 Å². The second-order valence-corrected chi connectivity index (χ2v) is 10.0. The minimum atomic E-state index is 0.287. The topological polar surface area (TPSA) is 17.8 Å². The fourth-order valence-electron chi connectivity index (χ4n) is 3.15. The summed E-state index contributed by atoms with van der Waals surface area (Å²) in [6, 6.07) is 9.28. The van der Waals surface area contributed by atoms with Gasteiger partial charge in [-0.25, -0.2) is 4.98 Å². The standard InChI is InChI=1S/C20H28N2S2/c1-3-4-18-5-7-19(8-6-18)9-10-20(15-22-12-11-21-16-22)23-13-17(2)14-24-20/h5-8,11-12,16-17H,3-4,9-10,13-15H2,1-2H3. The highest BCUT2D eigenvalue weighted by Crippen LogP contribution is 2.48. The van der Waals surface area contributed by atoms with Crippen LogP contribution in [0.5, 0.6) is 0 Å². The summed E-state index contributed by atoms with van der Waals surface area (Å²) in [5, 5.41) is 0. The van der Waals surface area contributed by atoms with Crippen molar-refractivity contribution in [1.29, 1.82) is 0 Å². The molecule has 2 heterocycles. The summed E-state index contributed by atoms with van der Waals surface area (Å²) in [5.74, 6) is 3.37. The molecule has 0 N–H and O–H groups in total. The van der Waals surface area contributed by atoms with E-state index in [1.807, 2.05) is 12.5 Å². The van der Waals surface area contributed by atoms with Crippen molar-refractivity contribution >= 4 is 23.5 Å². The van der Waals surface area contributed by atoms with Gasteiger partial charge in [-0.15, -0.1) is 23.5 Å². The van der Waals surface area contributed by atoms with Crippen molar-refractivity contribution < 1.29 is 0 Å². The second kappa shape index (κ2) is 8.48. The number of rotatable bonds is 7. The maximum Gasteiger partial charge on any atom is 0.0946 e. The monoisotopic (exact) mass is 360 g/mol. The van der Waals surface area contributed by atoms with Crippen molar-refractivity contribution in [2.75, 3.05) is 11.5 Å². The van der Waals surface area contributed by atoms with Crippen LogP contribution >= 0.6 is 23.5 Å². The molecule has 130 valence electrons. The summed E-state index contributed by atoms with van der Waals surface area (Å²) < 4.78 is 2.54. The van der Waals surface area contributed by atoms with Gasteiger partial charge in [-0.05, 0) is 47.8 Å². The third kappa shape index (κ3) is 4.82. The van der Waals surface area contributed by atoms with E-state index in [0.29, 0.717) is 0 Å². The fraction of sp³-hybridized carbons (Fsp3) is 0.550. The highest BCUT2D eigenvalue weighted by atomic mass is 32.2. The van der Waals surface area contributed by atoms with Crippen LogP contribution in [0.25, 0.3) is 0 Å². The van der Waals surface area contributed by atoms with E-state index in [9.17, 15) is 0 Å². The Hall–Kier alpha value is -0.870. The lowest BCUT2D eigenvalue weighted by atomic mass is 10.0. The fourth-order valence-corrected chi connectivity index (χ4v) is 6.42. The van der Waals surface area contributed by atoms with Gasteiger partial charge in [-0.1, -0.05) is 44.5 Å². The summed E-state index contributed by atoms with van der Waals surface area (Å²) in [6.45, 7) is 5.67. The quantitative estimate of drug-likeness (QED) is 0.669. The first-order valence-electron chi connectivity index (χ1n) is 9.00. The summed E-state index contributed by atoms with van der Waals surface area (Å²) in [4.78, 5) is 4.22. The lowest BCUT2D eigenvalue weighted by Gasteiger charge is -2.38. The third-order valence-corrected chi connectivity index (χ3v) is 8.50. The number of benzene rings is 1. The average molecular weight is 361 g/mol. The second-order valence-electron chi connectivity index (χ2n) is 6.94. The highest BCUT2D eigenvalue weighted by molar-refractivity contribution is 8.18. The van der Waals surface area contributed by atoms with Crippen LogP contribution in [-0.4, -0.2) is 25.1 Å². The van der Waals surface area contributed by atoms with E-state index in [2.05, 4.69) is 77.4 Å². The average Bonchev–Trinajstić information content (AvgIpc) is 3.10. The molecule has 1 aromatic carbocycles. The molecule has 2 aromatic rings. The first-order chi connectivity index (χ1) is 11.7. The van der Waals surface area contributed by atoms with Gasteiger partial charge >= 0.3 is 0 Å². The molecule has 1 aliphatic heterocycles. The normalized spacial score (nSPS) is 24.2. The molecule has 24 heavy (non-hydrogen) atoms. The summed E-state index contributed by atoms with van der Waals surface area (Å²) in [7, 11) is 0. The van der Waals surface area contributed by atoms with Crippen molar-refractivity contribution in [3.63, 3.8) is 0 Å². The number of nitrogens with zero attached hydrogens (tertiary/aromatic N) is 2. The van der Waals surface area contributed by atoms with Gasteiger partial charge in [0.2, 0.25) is 0 Å². The molecule has 0 spiro atoms. The number of thioether (sulfide) groups is 2. The minimum absolute atomic E-state index is 0.287. The van der Waals surface area contributed by atoms with Gasteiger partial charge in [0.05, 0.1) is 10.4 Å². The maximum atomic E-state index is 4.22.